The summed E-state index contributed by atoms with van der Waals surface area (Å²) in [4.78, 5) is 21.8. The number of Topliss-reactive ketones (excluding diaryl/α,β-unsaturated/α-hetero) is 1. The molecule has 0 N–H and O–H groups in total. The van der Waals surface area contributed by atoms with Crippen LogP contribution in [-0.4, -0.2) is 18.9 Å². The van der Waals surface area contributed by atoms with E-state index < -0.39 is 0 Å². The minimum atomic E-state index is -0.166. The molecule has 0 fully saturated rings. The van der Waals surface area contributed by atoms with Crippen molar-refractivity contribution in [3.8, 4) is 0 Å². The van der Waals surface area contributed by atoms with Gasteiger partial charge in [0.05, 0.1) is 7.11 Å². The number of methoxy groups -OCH3 is 1. The Morgan fingerprint density at radius 3 is 2.36 bits per heavy atom. The monoisotopic (exact) mass is 200 g/mol. The molecule has 1 unspecified atom stereocenters. The number of carbonyl (C=O) groups is 2. The van der Waals surface area contributed by atoms with Crippen molar-refractivity contribution in [1.29, 1.82) is 0 Å². The van der Waals surface area contributed by atoms with E-state index >= 15 is 0 Å². The Bertz CT molecular complexity index is 187. The molecule has 0 aliphatic rings. The standard InChI is InChI=1S/C11H20O3/c1-4-10(9(2)12)7-5-6-8-11(13)14-3/h10H,4-8H2,1-3H3. The van der Waals surface area contributed by atoms with E-state index in [0.29, 0.717) is 6.42 Å². The highest BCUT2D eigenvalue weighted by Gasteiger charge is 2.11. The normalized spacial score (nSPS) is 12.2. The fourth-order valence-electron chi connectivity index (χ4n) is 1.46. The van der Waals surface area contributed by atoms with E-state index in [9.17, 15) is 9.59 Å². The molecular formula is C11H20O3. The lowest BCUT2D eigenvalue weighted by Gasteiger charge is -2.09. The van der Waals surface area contributed by atoms with Crippen LogP contribution in [0.15, 0.2) is 0 Å². The average Bonchev–Trinajstić information content (AvgIpc) is 2.16. The van der Waals surface area contributed by atoms with Gasteiger partial charge in [0.25, 0.3) is 0 Å². The zero-order chi connectivity index (χ0) is 11.0. The van der Waals surface area contributed by atoms with Crippen LogP contribution < -0.4 is 0 Å². The first-order valence-corrected chi connectivity index (χ1v) is 5.19. The van der Waals surface area contributed by atoms with Gasteiger partial charge in [0.2, 0.25) is 0 Å². The van der Waals surface area contributed by atoms with Gasteiger partial charge >= 0.3 is 5.97 Å². The van der Waals surface area contributed by atoms with Crippen LogP contribution in [0.5, 0.6) is 0 Å². The highest BCUT2D eigenvalue weighted by atomic mass is 16.5. The zero-order valence-corrected chi connectivity index (χ0v) is 9.34. The number of hydrogen-bond donors (Lipinski definition) is 0. The van der Waals surface area contributed by atoms with Crippen LogP contribution in [-0.2, 0) is 14.3 Å². The van der Waals surface area contributed by atoms with Gasteiger partial charge < -0.3 is 4.74 Å². The van der Waals surface area contributed by atoms with Crippen LogP contribution in [0.4, 0.5) is 0 Å². The first kappa shape index (κ1) is 13.1. The molecule has 1 atom stereocenters. The third-order valence-electron chi connectivity index (χ3n) is 2.48. The van der Waals surface area contributed by atoms with Crippen molar-refractivity contribution in [3.05, 3.63) is 0 Å². The Hall–Kier alpha value is -0.860. The van der Waals surface area contributed by atoms with E-state index in [1.165, 1.54) is 7.11 Å². The van der Waals surface area contributed by atoms with Gasteiger partial charge in [-0.1, -0.05) is 13.3 Å². The molecule has 0 aliphatic heterocycles. The maximum absolute atomic E-state index is 11.1. The molecule has 0 aromatic carbocycles. The number of unbranched alkanes of at least 4 members (excludes halogenated alkanes) is 1. The number of rotatable bonds is 7. The van der Waals surface area contributed by atoms with Gasteiger partial charge in [0.1, 0.15) is 5.78 Å². The Kier molecular flexibility index (Phi) is 7.07. The van der Waals surface area contributed by atoms with Crippen LogP contribution in [0.2, 0.25) is 0 Å². The SMILES string of the molecule is CCC(CCCCC(=O)OC)C(C)=O. The van der Waals surface area contributed by atoms with Gasteiger partial charge in [0.15, 0.2) is 0 Å². The molecular weight excluding hydrogens is 180 g/mol. The molecule has 0 aromatic rings. The highest BCUT2D eigenvalue weighted by molar-refractivity contribution is 5.78. The van der Waals surface area contributed by atoms with E-state index in [1.807, 2.05) is 6.92 Å². The van der Waals surface area contributed by atoms with Crippen molar-refractivity contribution >= 4 is 11.8 Å². The number of hydrogen-bond acceptors (Lipinski definition) is 3. The lowest BCUT2D eigenvalue weighted by molar-refractivity contribution is -0.140. The smallest absolute Gasteiger partial charge is 0.305 e. The largest absolute Gasteiger partial charge is 0.469 e. The van der Waals surface area contributed by atoms with Crippen molar-refractivity contribution in [3.63, 3.8) is 0 Å². The van der Waals surface area contributed by atoms with Crippen molar-refractivity contribution < 1.29 is 14.3 Å². The molecule has 0 aliphatic carbocycles. The van der Waals surface area contributed by atoms with Gasteiger partial charge in [-0.25, -0.2) is 0 Å². The average molecular weight is 200 g/mol. The molecule has 0 aromatic heterocycles. The van der Waals surface area contributed by atoms with Crippen molar-refractivity contribution in [2.45, 2.75) is 46.0 Å². The van der Waals surface area contributed by atoms with Crippen LogP contribution in [0, 0.1) is 5.92 Å². The molecule has 0 saturated heterocycles. The Morgan fingerprint density at radius 2 is 1.93 bits per heavy atom. The third-order valence-corrected chi connectivity index (χ3v) is 2.48. The topological polar surface area (TPSA) is 43.4 Å². The molecule has 0 heterocycles. The molecule has 14 heavy (non-hydrogen) atoms. The molecule has 3 nitrogen and oxygen atoms in total. The van der Waals surface area contributed by atoms with E-state index in [0.717, 1.165) is 25.7 Å². The molecule has 0 spiro atoms. The maximum Gasteiger partial charge on any atom is 0.305 e. The molecule has 0 saturated carbocycles. The van der Waals surface area contributed by atoms with E-state index in [4.69, 9.17) is 0 Å². The molecule has 0 amide bonds. The minimum Gasteiger partial charge on any atom is -0.469 e. The van der Waals surface area contributed by atoms with E-state index in [2.05, 4.69) is 4.74 Å². The summed E-state index contributed by atoms with van der Waals surface area (Å²) in [6.07, 6.45) is 3.99. The van der Waals surface area contributed by atoms with Crippen LogP contribution >= 0.6 is 0 Å². The lowest BCUT2D eigenvalue weighted by Crippen LogP contribution is -2.09. The molecule has 0 radical (unpaired) electrons. The number of carbonyl (C=O) groups excluding carboxylic acids is 2. The second-order valence-electron chi connectivity index (χ2n) is 3.54. The predicted molar refractivity (Wildman–Crippen MR) is 54.9 cm³/mol. The molecule has 3 heteroatoms. The Morgan fingerprint density at radius 1 is 1.29 bits per heavy atom. The first-order chi connectivity index (χ1) is 6.61. The Balaban J connectivity index is 3.52. The number of ketones is 1. The summed E-state index contributed by atoms with van der Waals surface area (Å²) < 4.78 is 4.53. The molecule has 0 bridgehead atoms. The summed E-state index contributed by atoms with van der Waals surface area (Å²) in [6, 6.07) is 0. The van der Waals surface area contributed by atoms with Gasteiger partial charge in [-0.2, -0.15) is 0 Å². The van der Waals surface area contributed by atoms with Crippen molar-refractivity contribution in [2.75, 3.05) is 7.11 Å². The van der Waals surface area contributed by atoms with Gasteiger partial charge in [-0.3, -0.25) is 9.59 Å². The summed E-state index contributed by atoms with van der Waals surface area (Å²) in [6.45, 7) is 3.65. The summed E-state index contributed by atoms with van der Waals surface area (Å²) in [5, 5.41) is 0. The number of ether oxygens (including phenoxy) is 1. The predicted octanol–water partition coefficient (Wildman–Crippen LogP) is 2.33. The van der Waals surface area contributed by atoms with Crippen LogP contribution in [0.1, 0.15) is 46.0 Å². The highest BCUT2D eigenvalue weighted by Crippen LogP contribution is 2.14. The second-order valence-corrected chi connectivity index (χ2v) is 3.54. The van der Waals surface area contributed by atoms with Gasteiger partial charge in [0, 0.05) is 12.3 Å². The molecule has 0 rings (SSSR count). The summed E-state index contributed by atoms with van der Waals surface area (Å²) in [5.74, 6) is 0.263. The van der Waals surface area contributed by atoms with Crippen LogP contribution in [0.25, 0.3) is 0 Å². The lowest BCUT2D eigenvalue weighted by atomic mass is 9.95. The van der Waals surface area contributed by atoms with E-state index in [1.54, 1.807) is 6.92 Å². The summed E-state index contributed by atoms with van der Waals surface area (Å²) in [5.41, 5.74) is 0. The fourth-order valence-corrected chi connectivity index (χ4v) is 1.46. The van der Waals surface area contributed by atoms with Crippen LogP contribution in [0.3, 0.4) is 0 Å². The zero-order valence-electron chi connectivity index (χ0n) is 9.34. The second kappa shape index (κ2) is 7.54. The quantitative estimate of drug-likeness (QED) is 0.468. The third kappa shape index (κ3) is 5.73. The summed E-state index contributed by atoms with van der Waals surface area (Å²) >= 11 is 0. The van der Waals surface area contributed by atoms with Gasteiger partial charge in [-0.05, 0) is 26.2 Å². The number of esters is 1. The Labute approximate surface area is 85.8 Å². The maximum atomic E-state index is 11.1. The fraction of sp³-hybridized carbons (Fsp3) is 0.818. The molecule has 82 valence electrons. The first-order valence-electron chi connectivity index (χ1n) is 5.19. The summed E-state index contributed by atoms with van der Waals surface area (Å²) in [7, 11) is 1.40. The van der Waals surface area contributed by atoms with Crippen molar-refractivity contribution in [1.82, 2.24) is 0 Å². The van der Waals surface area contributed by atoms with Gasteiger partial charge in [-0.15, -0.1) is 0 Å². The van der Waals surface area contributed by atoms with E-state index in [-0.39, 0.29) is 17.7 Å². The minimum absolute atomic E-state index is 0.166. The van der Waals surface area contributed by atoms with Crippen molar-refractivity contribution in [2.24, 2.45) is 5.92 Å².